The van der Waals surface area contributed by atoms with Crippen LogP contribution in [0.2, 0.25) is 0 Å². The number of urea groups is 1. The van der Waals surface area contributed by atoms with Gasteiger partial charge in [-0.1, -0.05) is 0 Å². The van der Waals surface area contributed by atoms with Crippen LogP contribution >= 0.6 is 0 Å². The summed E-state index contributed by atoms with van der Waals surface area (Å²) in [6.45, 7) is 3.87. The maximum atomic E-state index is 11.9. The highest BCUT2D eigenvalue weighted by Gasteiger charge is 2.22. The van der Waals surface area contributed by atoms with Gasteiger partial charge in [-0.3, -0.25) is 4.68 Å². The summed E-state index contributed by atoms with van der Waals surface area (Å²) < 4.78 is 1.75. The van der Waals surface area contributed by atoms with Crippen molar-refractivity contribution >= 4 is 11.7 Å². The third-order valence-corrected chi connectivity index (χ3v) is 2.89. The molecule has 0 aromatic carbocycles. The van der Waals surface area contributed by atoms with Crippen molar-refractivity contribution in [3.63, 3.8) is 0 Å². The zero-order valence-electron chi connectivity index (χ0n) is 9.96. The van der Waals surface area contributed by atoms with Gasteiger partial charge in [0.1, 0.15) is 0 Å². The number of nitrogens with one attached hydrogen (secondary N) is 1. The normalized spacial score (nSPS) is 20.4. The van der Waals surface area contributed by atoms with Crippen LogP contribution in [0.25, 0.3) is 0 Å². The number of carbonyl (C=O) groups excluding carboxylic acids is 1. The van der Waals surface area contributed by atoms with Gasteiger partial charge in [-0.15, -0.1) is 0 Å². The first-order valence-electron chi connectivity index (χ1n) is 5.95. The SMILES string of the molecule is CCn1cc(NC(=O)N2CCC[C@@H](O)C2)cn1. The fourth-order valence-corrected chi connectivity index (χ4v) is 1.94. The van der Waals surface area contributed by atoms with Crippen LogP contribution in [0, 0.1) is 0 Å². The molecule has 0 radical (unpaired) electrons. The molecule has 0 spiro atoms. The van der Waals surface area contributed by atoms with Crippen molar-refractivity contribution in [1.82, 2.24) is 14.7 Å². The summed E-state index contributed by atoms with van der Waals surface area (Å²) in [5.41, 5.74) is 0.692. The van der Waals surface area contributed by atoms with E-state index in [2.05, 4.69) is 10.4 Å². The van der Waals surface area contributed by atoms with Crippen LogP contribution in [0.3, 0.4) is 0 Å². The Labute approximate surface area is 100 Å². The summed E-state index contributed by atoms with van der Waals surface area (Å²) in [6.07, 6.45) is 4.65. The van der Waals surface area contributed by atoms with E-state index in [9.17, 15) is 9.90 Å². The molecule has 6 nitrogen and oxygen atoms in total. The second kappa shape index (κ2) is 5.18. The molecule has 0 saturated carbocycles. The van der Waals surface area contributed by atoms with Gasteiger partial charge >= 0.3 is 6.03 Å². The molecule has 0 unspecified atom stereocenters. The monoisotopic (exact) mass is 238 g/mol. The van der Waals surface area contributed by atoms with E-state index >= 15 is 0 Å². The van der Waals surface area contributed by atoms with Gasteiger partial charge in [-0.25, -0.2) is 4.79 Å². The van der Waals surface area contributed by atoms with Crippen LogP contribution in [-0.2, 0) is 6.54 Å². The van der Waals surface area contributed by atoms with Crippen molar-refractivity contribution in [2.24, 2.45) is 0 Å². The van der Waals surface area contributed by atoms with E-state index in [1.807, 2.05) is 6.92 Å². The van der Waals surface area contributed by atoms with Crippen molar-refractivity contribution < 1.29 is 9.90 Å². The molecule has 0 aliphatic carbocycles. The van der Waals surface area contributed by atoms with Crippen molar-refractivity contribution in [1.29, 1.82) is 0 Å². The van der Waals surface area contributed by atoms with E-state index in [0.29, 0.717) is 18.8 Å². The lowest BCUT2D eigenvalue weighted by molar-refractivity contribution is 0.0883. The Hall–Kier alpha value is -1.56. The largest absolute Gasteiger partial charge is 0.391 e. The number of hydrogen-bond acceptors (Lipinski definition) is 3. The van der Waals surface area contributed by atoms with Gasteiger partial charge in [0.15, 0.2) is 0 Å². The maximum absolute atomic E-state index is 11.9. The molecule has 1 aromatic heterocycles. The Kier molecular flexibility index (Phi) is 3.63. The summed E-state index contributed by atoms with van der Waals surface area (Å²) in [4.78, 5) is 13.5. The summed E-state index contributed by atoms with van der Waals surface area (Å²) in [6, 6.07) is -0.167. The van der Waals surface area contributed by atoms with Gasteiger partial charge in [0.05, 0.1) is 18.0 Å². The molecule has 1 aliphatic rings. The summed E-state index contributed by atoms with van der Waals surface area (Å²) >= 11 is 0. The maximum Gasteiger partial charge on any atom is 0.322 e. The highest BCUT2D eigenvalue weighted by molar-refractivity contribution is 5.89. The molecule has 0 bridgehead atoms. The van der Waals surface area contributed by atoms with Gasteiger partial charge in [-0.05, 0) is 19.8 Å². The van der Waals surface area contributed by atoms with E-state index in [1.165, 1.54) is 0 Å². The summed E-state index contributed by atoms with van der Waals surface area (Å²) in [5.74, 6) is 0. The van der Waals surface area contributed by atoms with Crippen LogP contribution in [0.15, 0.2) is 12.4 Å². The second-order valence-corrected chi connectivity index (χ2v) is 4.26. The fraction of sp³-hybridized carbons (Fsp3) is 0.636. The molecule has 2 N–H and O–H groups in total. The molecule has 2 rings (SSSR count). The zero-order chi connectivity index (χ0) is 12.3. The number of aliphatic hydroxyl groups is 1. The third-order valence-electron chi connectivity index (χ3n) is 2.89. The number of rotatable bonds is 2. The molecule has 94 valence electrons. The third kappa shape index (κ3) is 2.97. The molecule has 2 amide bonds. The minimum atomic E-state index is -0.395. The second-order valence-electron chi connectivity index (χ2n) is 4.26. The van der Waals surface area contributed by atoms with E-state index in [1.54, 1.807) is 22.0 Å². The van der Waals surface area contributed by atoms with Crippen LogP contribution in [-0.4, -0.2) is 45.0 Å². The number of hydrogen-bond donors (Lipinski definition) is 2. The van der Waals surface area contributed by atoms with Gasteiger partial charge in [0, 0.05) is 25.8 Å². The summed E-state index contributed by atoms with van der Waals surface area (Å²) in [5, 5.41) is 16.4. The van der Waals surface area contributed by atoms with Crippen LogP contribution in [0.4, 0.5) is 10.5 Å². The number of carbonyl (C=O) groups is 1. The van der Waals surface area contributed by atoms with Gasteiger partial charge in [0.2, 0.25) is 0 Å². The molecular weight excluding hydrogens is 220 g/mol. The number of piperidine rings is 1. The lowest BCUT2D eigenvalue weighted by atomic mass is 10.1. The first kappa shape index (κ1) is 11.9. The predicted molar refractivity (Wildman–Crippen MR) is 63.7 cm³/mol. The van der Waals surface area contributed by atoms with Crippen molar-refractivity contribution in [2.75, 3.05) is 18.4 Å². The number of aromatic nitrogens is 2. The Morgan fingerprint density at radius 2 is 2.53 bits per heavy atom. The molecule has 2 heterocycles. The molecular formula is C11H18N4O2. The first-order chi connectivity index (χ1) is 8.19. The number of aryl methyl sites for hydroxylation is 1. The highest BCUT2D eigenvalue weighted by Crippen LogP contribution is 2.12. The Morgan fingerprint density at radius 1 is 1.71 bits per heavy atom. The zero-order valence-corrected chi connectivity index (χ0v) is 9.96. The van der Waals surface area contributed by atoms with Crippen LogP contribution in [0.5, 0.6) is 0 Å². The van der Waals surface area contributed by atoms with E-state index in [0.717, 1.165) is 19.4 Å². The lowest BCUT2D eigenvalue weighted by Crippen LogP contribution is -2.44. The average Bonchev–Trinajstić information content (AvgIpc) is 2.77. The molecule has 1 fully saturated rings. The molecule has 1 aromatic rings. The minimum absolute atomic E-state index is 0.167. The molecule has 1 aliphatic heterocycles. The standard InChI is InChI=1S/C11H18N4O2/c1-2-15-7-9(6-12-15)13-11(17)14-5-3-4-10(16)8-14/h6-7,10,16H,2-5,8H2,1H3,(H,13,17)/t10-/m1/s1. The van der Waals surface area contributed by atoms with E-state index in [4.69, 9.17) is 0 Å². The minimum Gasteiger partial charge on any atom is -0.391 e. The van der Waals surface area contributed by atoms with Crippen LogP contribution in [0.1, 0.15) is 19.8 Å². The molecule has 17 heavy (non-hydrogen) atoms. The smallest absolute Gasteiger partial charge is 0.322 e. The molecule has 1 atom stereocenters. The van der Waals surface area contributed by atoms with Crippen molar-refractivity contribution in [3.05, 3.63) is 12.4 Å². The van der Waals surface area contributed by atoms with Crippen molar-refractivity contribution in [3.8, 4) is 0 Å². The Bertz CT molecular complexity index is 391. The highest BCUT2D eigenvalue weighted by atomic mass is 16.3. The Morgan fingerprint density at radius 3 is 3.18 bits per heavy atom. The van der Waals surface area contributed by atoms with Crippen molar-refractivity contribution in [2.45, 2.75) is 32.4 Å². The number of anilines is 1. The van der Waals surface area contributed by atoms with Gasteiger partial charge in [-0.2, -0.15) is 5.10 Å². The van der Waals surface area contributed by atoms with E-state index in [-0.39, 0.29) is 6.03 Å². The van der Waals surface area contributed by atoms with E-state index < -0.39 is 6.10 Å². The fourth-order valence-electron chi connectivity index (χ4n) is 1.94. The average molecular weight is 238 g/mol. The van der Waals surface area contributed by atoms with Crippen LogP contribution < -0.4 is 5.32 Å². The van der Waals surface area contributed by atoms with Gasteiger partial charge < -0.3 is 15.3 Å². The summed E-state index contributed by atoms with van der Waals surface area (Å²) in [7, 11) is 0. The number of aliphatic hydroxyl groups excluding tert-OH is 1. The molecule has 6 heteroatoms. The quantitative estimate of drug-likeness (QED) is 0.804. The lowest BCUT2D eigenvalue weighted by Gasteiger charge is -2.29. The van der Waals surface area contributed by atoms with Gasteiger partial charge in [0.25, 0.3) is 0 Å². The predicted octanol–water partition coefficient (Wildman–Crippen LogP) is 0.892. The number of nitrogens with zero attached hydrogens (tertiary/aromatic N) is 3. The number of amides is 2. The topological polar surface area (TPSA) is 70.4 Å². The number of β-amino-alcohol motifs (C(OH)–C–C–N with tert-alkyl or cyclic N) is 1. The first-order valence-corrected chi connectivity index (χ1v) is 5.95. The number of likely N-dealkylation sites (tertiary alicyclic amines) is 1. The molecule has 1 saturated heterocycles. The Balaban J connectivity index is 1.91.